The van der Waals surface area contributed by atoms with E-state index in [1.807, 2.05) is 13.0 Å². The lowest BCUT2D eigenvalue weighted by atomic mass is 10.2. The molecular weight excluding hydrogens is 444 g/mol. The number of methoxy groups -OCH3 is 1. The van der Waals surface area contributed by atoms with Crippen LogP contribution in [0.25, 0.3) is 0 Å². The summed E-state index contributed by atoms with van der Waals surface area (Å²) >= 11 is 0. The lowest BCUT2D eigenvalue weighted by Crippen LogP contribution is -2.30. The number of sulfonamides is 1. The molecule has 3 rings (SSSR count). The van der Waals surface area contributed by atoms with Crippen LogP contribution in [-0.4, -0.2) is 33.5 Å². The zero-order valence-electron chi connectivity index (χ0n) is 18.4. The van der Waals surface area contributed by atoms with Crippen LogP contribution in [0.15, 0.2) is 77.7 Å². The Morgan fingerprint density at radius 1 is 0.909 bits per heavy atom. The van der Waals surface area contributed by atoms with Gasteiger partial charge in [-0.15, -0.1) is 0 Å². The first-order valence-electron chi connectivity index (χ1n) is 10.0. The van der Waals surface area contributed by atoms with Gasteiger partial charge in [0, 0.05) is 11.4 Å². The van der Waals surface area contributed by atoms with Gasteiger partial charge in [-0.25, -0.2) is 13.2 Å². The standard InChI is InChI=1S/C24H24N2O6S/c1-16-5-4-6-20(15-16)25-23(27)17(2)32-24(28)18-7-13-22(14-8-18)33(29,30)26-19-9-11-21(31-3)12-10-19/h4-15,17,26H,1-3H3,(H,25,27). The fourth-order valence-corrected chi connectivity index (χ4v) is 3.95. The number of anilines is 2. The summed E-state index contributed by atoms with van der Waals surface area (Å²) in [5.41, 5.74) is 2.07. The molecule has 2 N–H and O–H groups in total. The molecule has 0 aliphatic carbocycles. The maximum atomic E-state index is 12.6. The molecule has 1 amide bonds. The second-order valence-corrected chi connectivity index (χ2v) is 8.95. The van der Waals surface area contributed by atoms with E-state index >= 15 is 0 Å². The minimum atomic E-state index is -3.86. The number of aryl methyl sites for hydroxylation is 1. The number of ether oxygens (including phenoxy) is 2. The van der Waals surface area contributed by atoms with Crippen molar-refractivity contribution in [1.82, 2.24) is 0 Å². The maximum absolute atomic E-state index is 12.6. The monoisotopic (exact) mass is 468 g/mol. The largest absolute Gasteiger partial charge is 0.497 e. The number of rotatable bonds is 8. The molecule has 3 aromatic rings. The summed E-state index contributed by atoms with van der Waals surface area (Å²) in [6, 6.07) is 18.9. The summed E-state index contributed by atoms with van der Waals surface area (Å²) in [7, 11) is -2.34. The van der Waals surface area contributed by atoms with Crippen LogP contribution in [0.3, 0.4) is 0 Å². The number of esters is 1. The quantitative estimate of drug-likeness (QED) is 0.484. The maximum Gasteiger partial charge on any atom is 0.338 e. The number of benzene rings is 3. The Morgan fingerprint density at radius 2 is 1.58 bits per heavy atom. The second kappa shape index (κ2) is 10.2. The smallest absolute Gasteiger partial charge is 0.338 e. The fraction of sp³-hybridized carbons (Fsp3) is 0.167. The Bertz CT molecular complexity index is 1240. The van der Waals surface area contributed by atoms with E-state index in [2.05, 4.69) is 10.0 Å². The van der Waals surface area contributed by atoms with Gasteiger partial charge in [-0.2, -0.15) is 0 Å². The summed E-state index contributed by atoms with van der Waals surface area (Å²) in [5.74, 6) is -0.617. The lowest BCUT2D eigenvalue weighted by Gasteiger charge is -2.14. The predicted molar refractivity (Wildman–Crippen MR) is 125 cm³/mol. The normalized spacial score (nSPS) is 11.8. The van der Waals surface area contributed by atoms with Crippen LogP contribution in [0.1, 0.15) is 22.8 Å². The van der Waals surface area contributed by atoms with Gasteiger partial charge in [0.15, 0.2) is 6.10 Å². The average molecular weight is 469 g/mol. The van der Waals surface area contributed by atoms with Crippen molar-refractivity contribution in [3.8, 4) is 5.75 Å². The Hall–Kier alpha value is -3.85. The molecule has 0 aliphatic rings. The minimum Gasteiger partial charge on any atom is -0.497 e. The van der Waals surface area contributed by atoms with Gasteiger partial charge in [0.1, 0.15) is 5.75 Å². The highest BCUT2D eigenvalue weighted by molar-refractivity contribution is 7.92. The van der Waals surface area contributed by atoms with Crippen molar-refractivity contribution >= 4 is 33.3 Å². The van der Waals surface area contributed by atoms with E-state index in [-0.39, 0.29) is 10.5 Å². The van der Waals surface area contributed by atoms with Crippen molar-refractivity contribution in [3.05, 3.63) is 83.9 Å². The molecular formula is C24H24N2O6S. The summed E-state index contributed by atoms with van der Waals surface area (Å²) < 4.78 is 37.9. The molecule has 0 saturated carbocycles. The molecule has 0 saturated heterocycles. The number of nitrogens with one attached hydrogen (secondary N) is 2. The highest BCUT2D eigenvalue weighted by atomic mass is 32.2. The molecule has 1 unspecified atom stereocenters. The van der Waals surface area contributed by atoms with Gasteiger partial charge in [0.25, 0.3) is 15.9 Å². The van der Waals surface area contributed by atoms with E-state index < -0.39 is 28.0 Å². The summed E-state index contributed by atoms with van der Waals surface area (Å²) in [5, 5.41) is 2.69. The lowest BCUT2D eigenvalue weighted by molar-refractivity contribution is -0.123. The molecule has 0 spiro atoms. The first-order valence-corrected chi connectivity index (χ1v) is 11.5. The Kier molecular flexibility index (Phi) is 7.34. The predicted octanol–water partition coefficient (Wildman–Crippen LogP) is 3.99. The first kappa shape index (κ1) is 23.8. The molecule has 3 aromatic carbocycles. The zero-order valence-corrected chi connectivity index (χ0v) is 19.2. The highest BCUT2D eigenvalue weighted by Gasteiger charge is 2.20. The molecule has 0 heterocycles. The molecule has 172 valence electrons. The Labute approximate surface area is 192 Å². The first-order chi connectivity index (χ1) is 15.7. The van der Waals surface area contributed by atoms with Gasteiger partial charge in [-0.05, 0) is 80.1 Å². The average Bonchev–Trinajstić information content (AvgIpc) is 2.79. The van der Waals surface area contributed by atoms with Gasteiger partial charge in [-0.3, -0.25) is 9.52 Å². The van der Waals surface area contributed by atoms with Crippen molar-refractivity contribution in [2.75, 3.05) is 17.1 Å². The van der Waals surface area contributed by atoms with Crippen molar-refractivity contribution in [2.24, 2.45) is 0 Å². The summed E-state index contributed by atoms with van der Waals surface area (Å²) in [6.45, 7) is 3.36. The third kappa shape index (κ3) is 6.33. The van der Waals surface area contributed by atoms with E-state index in [4.69, 9.17) is 9.47 Å². The third-order valence-corrected chi connectivity index (χ3v) is 6.08. The van der Waals surface area contributed by atoms with Crippen LogP contribution >= 0.6 is 0 Å². The molecule has 0 aliphatic heterocycles. The van der Waals surface area contributed by atoms with Crippen molar-refractivity contribution in [2.45, 2.75) is 24.8 Å². The number of carbonyl (C=O) groups is 2. The molecule has 0 aromatic heterocycles. The van der Waals surface area contributed by atoms with E-state index in [0.717, 1.165) is 5.56 Å². The Morgan fingerprint density at radius 3 is 2.18 bits per heavy atom. The molecule has 0 fully saturated rings. The van der Waals surface area contributed by atoms with Crippen molar-refractivity contribution < 1.29 is 27.5 Å². The third-order valence-electron chi connectivity index (χ3n) is 4.68. The number of hydrogen-bond acceptors (Lipinski definition) is 6. The molecule has 33 heavy (non-hydrogen) atoms. The van der Waals surface area contributed by atoms with Crippen molar-refractivity contribution in [3.63, 3.8) is 0 Å². The number of amides is 1. The SMILES string of the molecule is COc1ccc(NS(=O)(=O)c2ccc(C(=O)OC(C)C(=O)Nc3cccc(C)c3)cc2)cc1. The fourth-order valence-electron chi connectivity index (χ4n) is 2.89. The van der Waals surface area contributed by atoms with Crippen LogP contribution in [-0.2, 0) is 19.6 Å². The van der Waals surface area contributed by atoms with Gasteiger partial charge in [0.05, 0.1) is 17.6 Å². The van der Waals surface area contributed by atoms with Crippen LogP contribution in [0.4, 0.5) is 11.4 Å². The van der Waals surface area contributed by atoms with Gasteiger partial charge >= 0.3 is 5.97 Å². The molecule has 0 bridgehead atoms. The summed E-state index contributed by atoms with van der Waals surface area (Å²) in [4.78, 5) is 24.7. The van der Waals surface area contributed by atoms with Crippen LogP contribution < -0.4 is 14.8 Å². The Balaban J connectivity index is 1.62. The van der Waals surface area contributed by atoms with Gasteiger partial charge in [-0.1, -0.05) is 12.1 Å². The number of carbonyl (C=O) groups excluding carboxylic acids is 2. The van der Waals surface area contributed by atoms with Crippen LogP contribution in [0, 0.1) is 6.92 Å². The van der Waals surface area contributed by atoms with Gasteiger partial charge in [0.2, 0.25) is 0 Å². The van der Waals surface area contributed by atoms with Crippen LogP contribution in [0.5, 0.6) is 5.75 Å². The van der Waals surface area contributed by atoms with Crippen LogP contribution in [0.2, 0.25) is 0 Å². The minimum absolute atomic E-state index is 0.0277. The summed E-state index contributed by atoms with van der Waals surface area (Å²) in [6.07, 6.45) is -1.04. The molecule has 0 radical (unpaired) electrons. The van der Waals surface area contributed by atoms with Gasteiger partial charge < -0.3 is 14.8 Å². The van der Waals surface area contributed by atoms with Crippen molar-refractivity contribution in [1.29, 1.82) is 0 Å². The molecule has 9 heteroatoms. The van der Waals surface area contributed by atoms with E-state index in [1.54, 1.807) is 42.5 Å². The van der Waals surface area contributed by atoms with E-state index in [1.165, 1.54) is 38.3 Å². The number of hydrogen-bond donors (Lipinski definition) is 2. The van der Waals surface area contributed by atoms with E-state index in [9.17, 15) is 18.0 Å². The molecule has 8 nitrogen and oxygen atoms in total. The zero-order chi connectivity index (χ0) is 24.0. The highest BCUT2D eigenvalue weighted by Crippen LogP contribution is 2.20. The van der Waals surface area contributed by atoms with E-state index in [0.29, 0.717) is 17.1 Å². The molecule has 1 atom stereocenters. The topological polar surface area (TPSA) is 111 Å². The second-order valence-electron chi connectivity index (χ2n) is 7.26.